The number of rotatable bonds is 4. The first-order valence-corrected chi connectivity index (χ1v) is 8.78. The molecule has 0 aliphatic carbocycles. The van der Waals surface area contributed by atoms with Crippen molar-refractivity contribution >= 4 is 10.9 Å². The largest absolute Gasteiger partial charge is 0.322 e. The summed E-state index contributed by atoms with van der Waals surface area (Å²) in [5, 5.41) is 0.910. The van der Waals surface area contributed by atoms with E-state index in [2.05, 4.69) is 9.97 Å². The van der Waals surface area contributed by atoms with Gasteiger partial charge in [0, 0.05) is 29.4 Å². The second-order valence-electron chi connectivity index (χ2n) is 6.65. The lowest BCUT2D eigenvalue weighted by Crippen LogP contribution is -2.16. The number of hydrogen-bond acceptors (Lipinski definition) is 3. The first-order chi connectivity index (χ1) is 13.5. The van der Waals surface area contributed by atoms with Crippen LogP contribution in [0, 0.1) is 11.6 Å². The molecule has 2 aromatic heterocycles. The van der Waals surface area contributed by atoms with Gasteiger partial charge in [-0.15, -0.1) is 0 Å². The fraction of sp³-hybridized carbons (Fsp3) is 0.0909. The van der Waals surface area contributed by atoms with Gasteiger partial charge in [0.15, 0.2) is 0 Å². The van der Waals surface area contributed by atoms with Crippen LogP contribution in [0.1, 0.15) is 17.3 Å². The van der Waals surface area contributed by atoms with Gasteiger partial charge in [-0.1, -0.05) is 18.2 Å². The van der Waals surface area contributed by atoms with Crippen molar-refractivity contribution in [2.45, 2.75) is 12.5 Å². The maximum atomic E-state index is 13.5. The molecule has 0 radical (unpaired) electrons. The van der Waals surface area contributed by atoms with Gasteiger partial charge in [-0.05, 0) is 53.3 Å². The molecule has 0 saturated carbocycles. The fourth-order valence-electron chi connectivity index (χ4n) is 3.35. The van der Waals surface area contributed by atoms with Gasteiger partial charge in [0.1, 0.15) is 11.6 Å². The number of fused-ring (bicyclic) bond motifs is 1. The molecule has 1 atom stereocenters. The van der Waals surface area contributed by atoms with Crippen LogP contribution in [-0.2, 0) is 6.42 Å². The summed E-state index contributed by atoms with van der Waals surface area (Å²) in [6, 6.07) is 15.4. The molecule has 1 unspecified atom stereocenters. The highest BCUT2D eigenvalue weighted by atomic mass is 19.1. The smallest absolute Gasteiger partial charge is 0.248 e. The lowest BCUT2D eigenvalue weighted by Gasteiger charge is -2.16. The molecule has 4 rings (SSSR count). The zero-order chi connectivity index (χ0) is 19.7. The molecule has 140 valence electrons. The first kappa shape index (κ1) is 18.0. The molecule has 0 saturated heterocycles. The number of aromatic nitrogens is 2. The number of pyridine rings is 2. The average molecular weight is 377 g/mol. The van der Waals surface area contributed by atoms with Gasteiger partial charge in [-0.3, -0.25) is 9.78 Å². The average Bonchev–Trinajstić information content (AvgIpc) is 2.66. The number of nitrogens with one attached hydrogen (secondary N) is 1. The van der Waals surface area contributed by atoms with Gasteiger partial charge in [-0.2, -0.15) is 0 Å². The third kappa shape index (κ3) is 3.68. The molecule has 4 nitrogen and oxygen atoms in total. The Morgan fingerprint density at radius 1 is 1.00 bits per heavy atom. The first-order valence-electron chi connectivity index (χ1n) is 8.78. The van der Waals surface area contributed by atoms with Crippen molar-refractivity contribution < 1.29 is 8.78 Å². The van der Waals surface area contributed by atoms with Gasteiger partial charge in [0.25, 0.3) is 0 Å². The topological polar surface area (TPSA) is 71.8 Å². The molecule has 0 aliphatic heterocycles. The van der Waals surface area contributed by atoms with Crippen LogP contribution in [0.4, 0.5) is 8.78 Å². The normalized spacial score (nSPS) is 12.2. The molecule has 4 aromatic rings. The summed E-state index contributed by atoms with van der Waals surface area (Å²) in [7, 11) is 0. The van der Waals surface area contributed by atoms with Gasteiger partial charge in [0.2, 0.25) is 5.56 Å². The summed E-state index contributed by atoms with van der Waals surface area (Å²) in [6.45, 7) is 0. The van der Waals surface area contributed by atoms with Crippen LogP contribution in [0.25, 0.3) is 22.0 Å². The number of halogens is 2. The summed E-state index contributed by atoms with van der Waals surface area (Å²) in [5.41, 5.74) is 9.59. The van der Waals surface area contributed by atoms with E-state index in [4.69, 9.17) is 5.73 Å². The SMILES string of the molecule is NC(Cc1cc(F)cc(F)c1)c1ncccc1-c1ccc2ccc(=O)[nH]c2c1. The lowest BCUT2D eigenvalue weighted by atomic mass is 9.95. The highest BCUT2D eigenvalue weighted by molar-refractivity contribution is 5.84. The molecule has 6 heteroatoms. The molecule has 0 spiro atoms. The second kappa shape index (κ2) is 7.32. The number of H-pyrrole nitrogens is 1. The molecule has 3 N–H and O–H groups in total. The van der Waals surface area contributed by atoms with Gasteiger partial charge in [0.05, 0.1) is 11.7 Å². The third-order valence-corrected chi connectivity index (χ3v) is 4.60. The predicted octanol–water partition coefficient (Wildman–Crippen LogP) is 4.11. The second-order valence-corrected chi connectivity index (χ2v) is 6.65. The Bertz CT molecular complexity index is 1200. The van der Waals surface area contributed by atoms with E-state index in [1.54, 1.807) is 18.3 Å². The Labute approximate surface area is 159 Å². The van der Waals surface area contributed by atoms with Crippen molar-refractivity contribution in [1.82, 2.24) is 9.97 Å². The molecule has 0 bridgehead atoms. The van der Waals surface area contributed by atoms with Crippen LogP contribution >= 0.6 is 0 Å². The highest BCUT2D eigenvalue weighted by Gasteiger charge is 2.16. The van der Waals surface area contributed by atoms with Crippen molar-refractivity contribution in [2.75, 3.05) is 0 Å². The molecule has 0 amide bonds. The van der Waals surface area contributed by atoms with Gasteiger partial charge >= 0.3 is 0 Å². The van der Waals surface area contributed by atoms with Crippen molar-refractivity contribution in [1.29, 1.82) is 0 Å². The maximum absolute atomic E-state index is 13.5. The van der Waals surface area contributed by atoms with Crippen LogP contribution in [0.5, 0.6) is 0 Å². The minimum atomic E-state index is -0.637. The summed E-state index contributed by atoms with van der Waals surface area (Å²) < 4.78 is 27.0. The summed E-state index contributed by atoms with van der Waals surface area (Å²) in [4.78, 5) is 18.8. The molecular formula is C22H17F2N3O. The van der Waals surface area contributed by atoms with E-state index >= 15 is 0 Å². The number of hydrogen-bond donors (Lipinski definition) is 2. The van der Waals surface area contributed by atoms with Crippen LogP contribution < -0.4 is 11.3 Å². The zero-order valence-corrected chi connectivity index (χ0v) is 14.8. The van der Waals surface area contributed by atoms with Crippen LogP contribution in [0.2, 0.25) is 0 Å². The van der Waals surface area contributed by atoms with Crippen LogP contribution in [-0.4, -0.2) is 9.97 Å². The van der Waals surface area contributed by atoms with Crippen molar-refractivity contribution in [2.24, 2.45) is 5.73 Å². The van der Waals surface area contributed by atoms with Gasteiger partial charge < -0.3 is 10.7 Å². The molecule has 0 fully saturated rings. The Morgan fingerprint density at radius 3 is 2.54 bits per heavy atom. The number of nitrogens with zero attached hydrogens (tertiary/aromatic N) is 1. The zero-order valence-electron chi connectivity index (χ0n) is 14.8. The van der Waals surface area contributed by atoms with E-state index in [9.17, 15) is 13.6 Å². The number of aromatic amines is 1. The van der Waals surface area contributed by atoms with E-state index in [1.807, 2.05) is 24.3 Å². The van der Waals surface area contributed by atoms with Crippen molar-refractivity contribution in [3.63, 3.8) is 0 Å². The van der Waals surface area contributed by atoms with Crippen LogP contribution in [0.3, 0.4) is 0 Å². The minimum absolute atomic E-state index is 0.180. The number of benzene rings is 2. The summed E-state index contributed by atoms with van der Waals surface area (Å²) in [6.07, 6.45) is 1.87. The lowest BCUT2D eigenvalue weighted by molar-refractivity contribution is 0.576. The predicted molar refractivity (Wildman–Crippen MR) is 105 cm³/mol. The summed E-state index contributed by atoms with van der Waals surface area (Å²) in [5.74, 6) is -1.27. The Morgan fingerprint density at radius 2 is 1.75 bits per heavy atom. The minimum Gasteiger partial charge on any atom is -0.322 e. The monoisotopic (exact) mass is 377 g/mol. The molecular weight excluding hydrogens is 360 g/mol. The van der Waals surface area contributed by atoms with Gasteiger partial charge in [-0.25, -0.2) is 8.78 Å². The fourth-order valence-corrected chi connectivity index (χ4v) is 3.35. The molecule has 2 heterocycles. The standard InChI is InChI=1S/C22H17F2N3O/c23-16-8-13(9-17(24)12-16)10-19(25)22-18(2-1-7-26-22)15-4-3-14-5-6-21(28)27-20(14)11-15/h1-9,11-12,19H,10,25H2,(H,27,28). The summed E-state index contributed by atoms with van der Waals surface area (Å²) >= 11 is 0. The third-order valence-electron chi connectivity index (χ3n) is 4.60. The molecule has 28 heavy (non-hydrogen) atoms. The maximum Gasteiger partial charge on any atom is 0.248 e. The Kier molecular flexibility index (Phi) is 4.71. The Balaban J connectivity index is 1.73. The number of nitrogens with two attached hydrogens (primary N) is 1. The van der Waals surface area contributed by atoms with E-state index in [-0.39, 0.29) is 12.0 Å². The molecule has 0 aliphatic rings. The van der Waals surface area contributed by atoms with Crippen LogP contribution in [0.15, 0.2) is 71.7 Å². The quantitative estimate of drug-likeness (QED) is 0.562. The highest BCUT2D eigenvalue weighted by Crippen LogP contribution is 2.29. The van der Waals surface area contributed by atoms with Crippen molar-refractivity contribution in [3.05, 3.63) is 100 Å². The molecule has 2 aromatic carbocycles. The Hall–Kier alpha value is -3.38. The van der Waals surface area contributed by atoms with E-state index in [0.717, 1.165) is 22.6 Å². The van der Waals surface area contributed by atoms with E-state index < -0.39 is 17.7 Å². The van der Waals surface area contributed by atoms with E-state index in [0.29, 0.717) is 16.8 Å². The van der Waals surface area contributed by atoms with Crippen molar-refractivity contribution in [3.8, 4) is 11.1 Å². The van der Waals surface area contributed by atoms with E-state index in [1.165, 1.54) is 18.2 Å².